The minimum atomic E-state index is -3.79. The molecule has 0 atom stereocenters. The summed E-state index contributed by atoms with van der Waals surface area (Å²) in [7, 11) is -2.35. The van der Waals surface area contributed by atoms with Gasteiger partial charge in [-0.15, -0.1) is 0 Å². The van der Waals surface area contributed by atoms with Crippen molar-refractivity contribution in [2.24, 2.45) is 5.41 Å². The van der Waals surface area contributed by atoms with Gasteiger partial charge in [0.2, 0.25) is 5.91 Å². The fourth-order valence-electron chi connectivity index (χ4n) is 2.37. The summed E-state index contributed by atoms with van der Waals surface area (Å²) in [5.41, 5.74) is 0.145. The zero-order chi connectivity index (χ0) is 16.4. The second-order valence-corrected chi connectivity index (χ2v) is 7.62. The van der Waals surface area contributed by atoms with Crippen LogP contribution >= 0.6 is 0 Å². The molecular weight excluding hydrogens is 307 g/mol. The molecule has 1 amide bonds. The predicted molar refractivity (Wildman–Crippen MR) is 81.8 cm³/mol. The predicted octanol–water partition coefficient (Wildman–Crippen LogP) is 1.85. The Morgan fingerprint density at radius 3 is 2.41 bits per heavy atom. The number of nitrogens with one attached hydrogen (secondary N) is 1. The highest BCUT2D eigenvalue weighted by Crippen LogP contribution is 2.48. The average molecular weight is 328 g/mol. The molecule has 122 valence electrons. The molecule has 1 aromatic rings. The van der Waals surface area contributed by atoms with Crippen molar-refractivity contribution >= 4 is 16.1 Å². The van der Waals surface area contributed by atoms with Crippen LogP contribution in [0.4, 0.5) is 4.39 Å². The van der Waals surface area contributed by atoms with Gasteiger partial charge in [0.05, 0.1) is 5.41 Å². The highest BCUT2D eigenvalue weighted by Gasteiger charge is 2.50. The van der Waals surface area contributed by atoms with Gasteiger partial charge < -0.3 is 0 Å². The molecule has 0 bridgehead atoms. The van der Waals surface area contributed by atoms with Gasteiger partial charge in [-0.3, -0.25) is 4.79 Å². The third-order valence-electron chi connectivity index (χ3n) is 3.96. The molecule has 0 heterocycles. The number of carbonyl (C=O) groups is 1. The quantitative estimate of drug-likeness (QED) is 0.831. The summed E-state index contributed by atoms with van der Waals surface area (Å²) in [5.74, 6) is -0.804. The lowest BCUT2D eigenvalue weighted by atomic mass is 9.96. The topological polar surface area (TPSA) is 66.5 Å². The number of hydrogen-bond donors (Lipinski definition) is 1. The molecule has 1 N–H and O–H groups in total. The number of hydrogen-bond acceptors (Lipinski definition) is 3. The Morgan fingerprint density at radius 1 is 1.32 bits per heavy atom. The van der Waals surface area contributed by atoms with E-state index in [0.29, 0.717) is 32.2 Å². The van der Waals surface area contributed by atoms with Crippen LogP contribution in [0.1, 0.15) is 31.7 Å². The molecule has 1 fully saturated rings. The molecule has 5 nitrogen and oxygen atoms in total. The number of benzene rings is 1. The van der Waals surface area contributed by atoms with Gasteiger partial charge in [0.15, 0.2) is 0 Å². The monoisotopic (exact) mass is 328 g/mol. The Balaban J connectivity index is 2.04. The normalized spacial score (nSPS) is 16.5. The van der Waals surface area contributed by atoms with E-state index < -0.39 is 21.5 Å². The Bertz CT molecular complexity index is 639. The van der Waals surface area contributed by atoms with Crippen molar-refractivity contribution in [2.45, 2.75) is 32.6 Å². The van der Waals surface area contributed by atoms with Crippen LogP contribution in [0, 0.1) is 11.2 Å². The average Bonchev–Trinajstić information content (AvgIpc) is 3.22. The van der Waals surface area contributed by atoms with Gasteiger partial charge in [0.1, 0.15) is 5.82 Å². The maximum Gasteiger partial charge on any atom is 0.303 e. The molecular formula is C15H21FN2O3S. The van der Waals surface area contributed by atoms with Gasteiger partial charge in [-0.2, -0.15) is 12.7 Å². The maximum absolute atomic E-state index is 12.9. The largest absolute Gasteiger partial charge is 0.303 e. The molecule has 0 aliphatic heterocycles. The van der Waals surface area contributed by atoms with E-state index in [1.807, 2.05) is 6.92 Å². The van der Waals surface area contributed by atoms with Crippen LogP contribution in [0.15, 0.2) is 24.3 Å². The fourth-order valence-corrected chi connectivity index (χ4v) is 3.40. The molecule has 1 aliphatic carbocycles. The number of nitrogens with zero attached hydrogens (tertiary/aromatic N) is 1. The first kappa shape index (κ1) is 16.9. The van der Waals surface area contributed by atoms with Crippen LogP contribution in [0.25, 0.3) is 0 Å². The molecule has 7 heteroatoms. The van der Waals surface area contributed by atoms with E-state index in [2.05, 4.69) is 4.72 Å². The molecule has 1 saturated carbocycles. The van der Waals surface area contributed by atoms with Crippen LogP contribution < -0.4 is 4.72 Å². The Morgan fingerprint density at radius 2 is 1.91 bits per heavy atom. The summed E-state index contributed by atoms with van der Waals surface area (Å²) in [6.45, 7) is 2.22. The third-order valence-corrected chi connectivity index (χ3v) is 5.41. The minimum Gasteiger partial charge on any atom is -0.273 e. The molecule has 1 aromatic carbocycles. The summed E-state index contributed by atoms with van der Waals surface area (Å²) in [6, 6.07) is 5.94. The van der Waals surface area contributed by atoms with E-state index in [1.54, 1.807) is 12.1 Å². The van der Waals surface area contributed by atoms with Crippen LogP contribution in [0.2, 0.25) is 0 Å². The molecule has 1 aliphatic rings. The van der Waals surface area contributed by atoms with Gasteiger partial charge >= 0.3 is 10.2 Å². The van der Waals surface area contributed by atoms with Crippen LogP contribution in [0.5, 0.6) is 0 Å². The molecule has 2 rings (SSSR count). The maximum atomic E-state index is 12.9. The van der Waals surface area contributed by atoms with E-state index in [0.717, 1.165) is 9.87 Å². The van der Waals surface area contributed by atoms with Gasteiger partial charge in [-0.05, 0) is 43.4 Å². The lowest BCUT2D eigenvalue weighted by molar-refractivity contribution is -0.124. The molecule has 0 radical (unpaired) electrons. The summed E-state index contributed by atoms with van der Waals surface area (Å²) >= 11 is 0. The van der Waals surface area contributed by atoms with Crippen LogP contribution in [-0.4, -0.2) is 32.2 Å². The molecule has 0 saturated heterocycles. The van der Waals surface area contributed by atoms with Crippen molar-refractivity contribution in [1.82, 2.24) is 9.03 Å². The van der Waals surface area contributed by atoms with E-state index >= 15 is 0 Å². The smallest absolute Gasteiger partial charge is 0.273 e. The molecule has 0 unspecified atom stereocenters. The van der Waals surface area contributed by atoms with Crippen molar-refractivity contribution in [3.63, 3.8) is 0 Å². The van der Waals surface area contributed by atoms with Crippen LogP contribution in [0.3, 0.4) is 0 Å². The Kier molecular flexibility index (Phi) is 4.87. The van der Waals surface area contributed by atoms with Gasteiger partial charge in [-0.1, -0.05) is 19.1 Å². The lowest BCUT2D eigenvalue weighted by Gasteiger charge is -2.20. The molecule has 22 heavy (non-hydrogen) atoms. The number of rotatable bonds is 7. The Labute approximate surface area is 130 Å². The zero-order valence-corrected chi connectivity index (χ0v) is 13.6. The van der Waals surface area contributed by atoms with Crippen molar-refractivity contribution in [3.8, 4) is 0 Å². The number of halogens is 1. The highest BCUT2D eigenvalue weighted by molar-refractivity contribution is 7.87. The fraction of sp³-hybridized carbons (Fsp3) is 0.533. The van der Waals surface area contributed by atoms with E-state index in [9.17, 15) is 17.6 Å². The van der Waals surface area contributed by atoms with Crippen molar-refractivity contribution in [1.29, 1.82) is 0 Å². The number of amides is 1. The van der Waals surface area contributed by atoms with Gasteiger partial charge in [0, 0.05) is 13.6 Å². The lowest BCUT2D eigenvalue weighted by Crippen LogP contribution is -2.45. The first-order chi connectivity index (χ1) is 10.3. The first-order valence-electron chi connectivity index (χ1n) is 7.32. The van der Waals surface area contributed by atoms with E-state index in [4.69, 9.17) is 0 Å². The summed E-state index contributed by atoms with van der Waals surface area (Å²) in [6.07, 6.45) is 2.38. The van der Waals surface area contributed by atoms with Crippen molar-refractivity contribution < 1.29 is 17.6 Å². The minimum absolute atomic E-state index is 0.332. The summed E-state index contributed by atoms with van der Waals surface area (Å²) in [4.78, 5) is 12.3. The second kappa shape index (κ2) is 6.34. The SMILES string of the molecule is CCCN(C)S(=O)(=O)NC(=O)C1(Cc2ccc(F)cc2)CC1. The first-order valence-corrected chi connectivity index (χ1v) is 8.76. The molecule has 0 spiro atoms. The van der Waals surface area contributed by atoms with E-state index in [1.165, 1.54) is 19.2 Å². The van der Waals surface area contributed by atoms with Gasteiger partial charge in [0.25, 0.3) is 0 Å². The Hall–Kier alpha value is -1.47. The third kappa shape index (κ3) is 3.84. The number of carbonyl (C=O) groups excluding carboxylic acids is 1. The van der Waals surface area contributed by atoms with Crippen molar-refractivity contribution in [3.05, 3.63) is 35.6 Å². The van der Waals surface area contributed by atoms with E-state index in [-0.39, 0.29) is 5.82 Å². The van der Waals surface area contributed by atoms with Crippen LogP contribution in [-0.2, 0) is 21.4 Å². The molecule has 0 aromatic heterocycles. The summed E-state index contributed by atoms with van der Waals surface area (Å²) in [5, 5.41) is 0. The standard InChI is InChI=1S/C15H21FN2O3S/c1-3-10-18(2)22(20,21)17-14(19)15(8-9-15)11-12-4-6-13(16)7-5-12/h4-7H,3,8-11H2,1-2H3,(H,17,19). The van der Waals surface area contributed by atoms with Crippen molar-refractivity contribution in [2.75, 3.05) is 13.6 Å². The second-order valence-electron chi connectivity index (χ2n) is 5.84. The summed E-state index contributed by atoms with van der Waals surface area (Å²) < 4.78 is 40.3. The van der Waals surface area contributed by atoms with Gasteiger partial charge in [-0.25, -0.2) is 9.11 Å². The highest BCUT2D eigenvalue weighted by atomic mass is 32.2. The zero-order valence-electron chi connectivity index (χ0n) is 12.8.